The van der Waals surface area contributed by atoms with Crippen LogP contribution >= 0.6 is 0 Å². The van der Waals surface area contributed by atoms with Crippen molar-refractivity contribution in [3.8, 4) is 0 Å². The topological polar surface area (TPSA) is 45.6 Å². The van der Waals surface area contributed by atoms with E-state index in [1.807, 2.05) is 25.3 Å². The summed E-state index contributed by atoms with van der Waals surface area (Å²) >= 11 is 0. The van der Waals surface area contributed by atoms with E-state index in [0.717, 1.165) is 24.4 Å². The highest BCUT2D eigenvalue weighted by molar-refractivity contribution is 5.45. The van der Waals surface area contributed by atoms with Crippen molar-refractivity contribution in [2.24, 2.45) is 0 Å². The van der Waals surface area contributed by atoms with E-state index in [1.165, 1.54) is 0 Å². The molecule has 0 aromatic carbocycles. The molecule has 3 atom stereocenters. The van der Waals surface area contributed by atoms with Gasteiger partial charge in [0.05, 0.1) is 35.8 Å². The zero-order valence-corrected chi connectivity index (χ0v) is 11.3. The quantitative estimate of drug-likeness (QED) is 0.889. The maximum Gasteiger partial charge on any atom is 0.0957 e. The molecule has 1 aromatic heterocycles. The number of ether oxygens (including phenoxy) is 1. The number of hydrogen-bond donors (Lipinski definition) is 1. The summed E-state index contributed by atoms with van der Waals surface area (Å²) in [5, 5.41) is 9.72. The summed E-state index contributed by atoms with van der Waals surface area (Å²) in [6, 6.07) is 4.33. The summed E-state index contributed by atoms with van der Waals surface area (Å²) in [5.41, 5.74) is 1.81. The van der Waals surface area contributed by atoms with Crippen LogP contribution in [0.25, 0.3) is 0 Å². The number of pyridine rings is 1. The van der Waals surface area contributed by atoms with Crippen LogP contribution in [0.3, 0.4) is 0 Å². The fraction of sp³-hybridized carbons (Fsp3) is 0.643. The summed E-state index contributed by atoms with van der Waals surface area (Å²) in [6.07, 6.45) is 3.38. The van der Waals surface area contributed by atoms with Crippen LogP contribution in [-0.2, 0) is 4.74 Å². The van der Waals surface area contributed by atoms with Crippen LogP contribution in [0.15, 0.2) is 18.3 Å². The Morgan fingerprint density at radius 1 is 1.56 bits per heavy atom. The van der Waals surface area contributed by atoms with Crippen LogP contribution in [-0.4, -0.2) is 35.9 Å². The predicted octanol–water partition coefficient (Wildman–Crippen LogP) is 2.14. The second-order valence-corrected chi connectivity index (χ2v) is 4.91. The van der Waals surface area contributed by atoms with Gasteiger partial charge in [0.2, 0.25) is 0 Å². The zero-order valence-electron chi connectivity index (χ0n) is 11.3. The van der Waals surface area contributed by atoms with Gasteiger partial charge in [-0.3, -0.25) is 4.98 Å². The number of aliphatic hydroxyl groups is 1. The summed E-state index contributed by atoms with van der Waals surface area (Å²) in [5.74, 6) is 0. The van der Waals surface area contributed by atoms with Crippen molar-refractivity contribution >= 4 is 5.69 Å². The minimum atomic E-state index is -0.460. The average molecular weight is 250 g/mol. The third-order valence-corrected chi connectivity index (χ3v) is 3.74. The highest BCUT2D eigenvalue weighted by Crippen LogP contribution is 2.24. The van der Waals surface area contributed by atoms with Crippen molar-refractivity contribution in [1.82, 2.24) is 4.98 Å². The Bertz CT molecular complexity index is 380. The Balaban J connectivity index is 2.09. The molecule has 0 radical (unpaired) electrons. The van der Waals surface area contributed by atoms with E-state index in [1.54, 1.807) is 0 Å². The molecule has 0 amide bonds. The Hall–Kier alpha value is -1.13. The lowest BCUT2D eigenvalue weighted by Gasteiger charge is -2.28. The Kier molecular flexibility index (Phi) is 4.19. The SMILES string of the molecule is CCC(O)c1ccc(N(C)C2CCOC2C)cn1. The first-order chi connectivity index (χ1) is 8.63. The molecule has 4 nitrogen and oxygen atoms in total. The van der Waals surface area contributed by atoms with Crippen molar-refractivity contribution in [3.63, 3.8) is 0 Å². The van der Waals surface area contributed by atoms with E-state index < -0.39 is 6.10 Å². The molecule has 1 aliphatic heterocycles. The van der Waals surface area contributed by atoms with E-state index >= 15 is 0 Å². The Morgan fingerprint density at radius 3 is 2.83 bits per heavy atom. The smallest absolute Gasteiger partial charge is 0.0957 e. The van der Waals surface area contributed by atoms with Gasteiger partial charge in [0, 0.05) is 13.7 Å². The van der Waals surface area contributed by atoms with Crippen LogP contribution in [0.4, 0.5) is 5.69 Å². The Morgan fingerprint density at radius 2 is 2.33 bits per heavy atom. The maximum absolute atomic E-state index is 9.72. The zero-order chi connectivity index (χ0) is 13.1. The van der Waals surface area contributed by atoms with Crippen LogP contribution in [0, 0.1) is 0 Å². The standard InChI is InChI=1S/C14H22N2O2/c1-4-14(17)12-6-5-11(9-15-12)16(3)13-7-8-18-10(13)2/h5-6,9-10,13-14,17H,4,7-8H2,1-3H3. The molecule has 0 bridgehead atoms. The highest BCUT2D eigenvalue weighted by atomic mass is 16.5. The minimum Gasteiger partial charge on any atom is -0.387 e. The number of hydrogen-bond acceptors (Lipinski definition) is 4. The molecule has 1 saturated heterocycles. The van der Waals surface area contributed by atoms with Crippen LogP contribution < -0.4 is 4.90 Å². The summed E-state index contributed by atoms with van der Waals surface area (Å²) in [4.78, 5) is 6.55. The van der Waals surface area contributed by atoms with Crippen molar-refractivity contribution < 1.29 is 9.84 Å². The molecular formula is C14H22N2O2. The van der Waals surface area contributed by atoms with E-state index in [2.05, 4.69) is 23.9 Å². The molecule has 1 aliphatic rings. The van der Waals surface area contributed by atoms with Gasteiger partial charge in [-0.05, 0) is 31.9 Å². The number of aromatic nitrogens is 1. The number of rotatable bonds is 4. The molecule has 3 unspecified atom stereocenters. The van der Waals surface area contributed by atoms with Crippen molar-refractivity contribution in [2.45, 2.75) is 44.9 Å². The summed E-state index contributed by atoms with van der Waals surface area (Å²) in [6.45, 7) is 4.89. The number of aliphatic hydroxyl groups excluding tert-OH is 1. The van der Waals surface area contributed by atoms with Gasteiger partial charge in [-0.1, -0.05) is 6.92 Å². The van der Waals surface area contributed by atoms with E-state index in [9.17, 15) is 5.11 Å². The molecule has 18 heavy (non-hydrogen) atoms. The molecule has 1 aromatic rings. The van der Waals surface area contributed by atoms with Crippen molar-refractivity contribution in [1.29, 1.82) is 0 Å². The lowest BCUT2D eigenvalue weighted by Crippen LogP contribution is -2.36. The molecule has 4 heteroatoms. The first-order valence-corrected chi connectivity index (χ1v) is 6.62. The normalized spacial score (nSPS) is 25.1. The summed E-state index contributed by atoms with van der Waals surface area (Å²) in [7, 11) is 2.07. The largest absolute Gasteiger partial charge is 0.387 e. The molecule has 1 N–H and O–H groups in total. The summed E-state index contributed by atoms with van der Waals surface area (Å²) < 4.78 is 5.59. The predicted molar refractivity (Wildman–Crippen MR) is 71.7 cm³/mol. The van der Waals surface area contributed by atoms with E-state index in [0.29, 0.717) is 12.5 Å². The third-order valence-electron chi connectivity index (χ3n) is 3.74. The lowest BCUT2D eigenvalue weighted by atomic mass is 10.1. The van der Waals surface area contributed by atoms with Gasteiger partial charge in [0.15, 0.2) is 0 Å². The number of nitrogens with zero attached hydrogens (tertiary/aromatic N) is 2. The monoisotopic (exact) mass is 250 g/mol. The molecule has 1 fully saturated rings. The van der Waals surface area contributed by atoms with Gasteiger partial charge < -0.3 is 14.7 Å². The number of likely N-dealkylation sites (N-methyl/N-ethyl adjacent to an activating group) is 1. The van der Waals surface area contributed by atoms with Gasteiger partial charge in [0.25, 0.3) is 0 Å². The van der Waals surface area contributed by atoms with Gasteiger partial charge in [-0.15, -0.1) is 0 Å². The maximum atomic E-state index is 9.72. The van der Waals surface area contributed by atoms with Gasteiger partial charge in [-0.25, -0.2) is 0 Å². The molecule has 100 valence electrons. The molecule has 2 rings (SSSR count). The fourth-order valence-corrected chi connectivity index (χ4v) is 2.43. The first-order valence-electron chi connectivity index (χ1n) is 6.62. The van der Waals surface area contributed by atoms with Crippen LogP contribution in [0.1, 0.15) is 38.5 Å². The van der Waals surface area contributed by atoms with Gasteiger partial charge in [-0.2, -0.15) is 0 Å². The minimum absolute atomic E-state index is 0.260. The van der Waals surface area contributed by atoms with E-state index in [-0.39, 0.29) is 6.10 Å². The second kappa shape index (κ2) is 5.67. The van der Waals surface area contributed by atoms with Gasteiger partial charge >= 0.3 is 0 Å². The second-order valence-electron chi connectivity index (χ2n) is 4.91. The lowest BCUT2D eigenvalue weighted by molar-refractivity contribution is 0.118. The van der Waals surface area contributed by atoms with Crippen molar-refractivity contribution in [3.05, 3.63) is 24.0 Å². The first kappa shape index (κ1) is 13.3. The molecule has 0 spiro atoms. The molecule has 0 aliphatic carbocycles. The highest BCUT2D eigenvalue weighted by Gasteiger charge is 2.28. The van der Waals surface area contributed by atoms with Gasteiger partial charge in [0.1, 0.15) is 0 Å². The van der Waals surface area contributed by atoms with E-state index in [4.69, 9.17) is 4.74 Å². The van der Waals surface area contributed by atoms with Crippen molar-refractivity contribution in [2.75, 3.05) is 18.6 Å². The molecule has 2 heterocycles. The molecular weight excluding hydrogens is 228 g/mol. The number of anilines is 1. The van der Waals surface area contributed by atoms with Crippen LogP contribution in [0.5, 0.6) is 0 Å². The molecule has 0 saturated carbocycles. The average Bonchev–Trinajstić information content (AvgIpc) is 2.83. The fourth-order valence-electron chi connectivity index (χ4n) is 2.43. The Labute approximate surface area is 109 Å². The third kappa shape index (κ3) is 2.65. The van der Waals surface area contributed by atoms with Crippen LogP contribution in [0.2, 0.25) is 0 Å².